The van der Waals surface area contributed by atoms with Gasteiger partial charge in [-0.1, -0.05) is 18.2 Å². The molecule has 0 saturated carbocycles. The van der Waals surface area contributed by atoms with Crippen molar-refractivity contribution in [3.8, 4) is 0 Å². The van der Waals surface area contributed by atoms with Crippen LogP contribution in [0.2, 0.25) is 0 Å². The molecule has 1 fully saturated rings. The molecule has 0 aromatic heterocycles. The Morgan fingerprint density at radius 1 is 1.53 bits per heavy atom. The van der Waals surface area contributed by atoms with E-state index in [0.29, 0.717) is 19.5 Å². The Morgan fingerprint density at radius 3 is 2.89 bits per heavy atom. The molecule has 1 heterocycles. The second-order valence-corrected chi connectivity index (χ2v) is 5.15. The van der Waals surface area contributed by atoms with Gasteiger partial charge in [-0.3, -0.25) is 9.69 Å². The highest BCUT2D eigenvalue weighted by molar-refractivity contribution is 5.78. The van der Waals surface area contributed by atoms with Crippen LogP contribution in [0.1, 0.15) is 37.3 Å². The number of carboxylic acid groups (broad SMARTS) is 1. The van der Waals surface area contributed by atoms with Crippen molar-refractivity contribution in [3.63, 3.8) is 0 Å². The molecule has 19 heavy (non-hydrogen) atoms. The largest absolute Gasteiger partial charge is 0.480 e. The maximum Gasteiger partial charge on any atom is 0.323 e. The van der Waals surface area contributed by atoms with Crippen molar-refractivity contribution >= 4 is 5.97 Å². The van der Waals surface area contributed by atoms with Crippen LogP contribution in [0.4, 0.5) is 8.78 Å². The zero-order valence-corrected chi connectivity index (χ0v) is 10.8. The molecule has 1 saturated heterocycles. The van der Waals surface area contributed by atoms with Gasteiger partial charge in [0.15, 0.2) is 0 Å². The summed E-state index contributed by atoms with van der Waals surface area (Å²) in [5, 5.41) is 9.30. The highest BCUT2D eigenvalue weighted by atomic mass is 19.3. The first-order valence-electron chi connectivity index (χ1n) is 6.29. The third-order valence-corrected chi connectivity index (χ3v) is 3.83. The fourth-order valence-corrected chi connectivity index (χ4v) is 2.56. The number of carboxylic acids is 1. The van der Waals surface area contributed by atoms with Gasteiger partial charge in [0, 0.05) is 12.1 Å². The van der Waals surface area contributed by atoms with E-state index in [1.54, 1.807) is 19.1 Å². The molecule has 1 aromatic rings. The van der Waals surface area contributed by atoms with E-state index in [4.69, 9.17) is 0 Å². The van der Waals surface area contributed by atoms with Gasteiger partial charge in [0.1, 0.15) is 5.54 Å². The summed E-state index contributed by atoms with van der Waals surface area (Å²) in [6.45, 7) is 2.77. The Balaban J connectivity index is 2.17. The van der Waals surface area contributed by atoms with Crippen LogP contribution in [-0.2, 0) is 11.3 Å². The van der Waals surface area contributed by atoms with Crippen LogP contribution < -0.4 is 0 Å². The van der Waals surface area contributed by atoms with Crippen molar-refractivity contribution in [2.75, 3.05) is 6.54 Å². The van der Waals surface area contributed by atoms with Crippen LogP contribution >= 0.6 is 0 Å². The van der Waals surface area contributed by atoms with Crippen LogP contribution in [0.15, 0.2) is 24.3 Å². The summed E-state index contributed by atoms with van der Waals surface area (Å²) >= 11 is 0. The summed E-state index contributed by atoms with van der Waals surface area (Å²) in [5.41, 5.74) is -0.179. The summed E-state index contributed by atoms with van der Waals surface area (Å²) in [5.74, 6) is -0.852. The van der Waals surface area contributed by atoms with Gasteiger partial charge >= 0.3 is 5.97 Å². The third-order valence-electron chi connectivity index (χ3n) is 3.83. The van der Waals surface area contributed by atoms with Crippen molar-refractivity contribution in [2.45, 2.75) is 38.3 Å². The van der Waals surface area contributed by atoms with Crippen LogP contribution in [0.5, 0.6) is 0 Å². The van der Waals surface area contributed by atoms with Gasteiger partial charge in [-0.15, -0.1) is 0 Å². The van der Waals surface area contributed by atoms with E-state index >= 15 is 0 Å². The van der Waals surface area contributed by atoms with Gasteiger partial charge in [-0.05, 0) is 37.9 Å². The molecule has 2 rings (SSSR count). The van der Waals surface area contributed by atoms with Gasteiger partial charge < -0.3 is 5.11 Å². The summed E-state index contributed by atoms with van der Waals surface area (Å²) in [6, 6.07) is 6.18. The Morgan fingerprint density at radius 2 is 2.26 bits per heavy atom. The minimum absolute atomic E-state index is 0.0197. The average Bonchev–Trinajstić information content (AvgIpc) is 2.73. The summed E-state index contributed by atoms with van der Waals surface area (Å²) < 4.78 is 25.3. The number of hydrogen-bond acceptors (Lipinski definition) is 2. The molecule has 1 unspecified atom stereocenters. The van der Waals surface area contributed by atoms with Gasteiger partial charge in [0.2, 0.25) is 0 Å². The topological polar surface area (TPSA) is 40.5 Å². The number of rotatable bonds is 4. The lowest BCUT2D eigenvalue weighted by atomic mass is 9.98. The lowest BCUT2D eigenvalue weighted by Crippen LogP contribution is -2.47. The quantitative estimate of drug-likeness (QED) is 0.913. The molecule has 0 amide bonds. The van der Waals surface area contributed by atoms with E-state index in [-0.39, 0.29) is 5.56 Å². The number of carbonyl (C=O) groups is 1. The first-order chi connectivity index (χ1) is 8.93. The van der Waals surface area contributed by atoms with Crippen molar-refractivity contribution in [1.29, 1.82) is 0 Å². The van der Waals surface area contributed by atoms with E-state index in [1.165, 1.54) is 12.1 Å². The van der Waals surface area contributed by atoms with E-state index in [0.717, 1.165) is 12.0 Å². The van der Waals surface area contributed by atoms with E-state index < -0.39 is 17.9 Å². The summed E-state index contributed by atoms with van der Waals surface area (Å²) in [4.78, 5) is 13.2. The predicted molar refractivity (Wildman–Crippen MR) is 67.1 cm³/mol. The molecule has 5 heteroatoms. The first-order valence-corrected chi connectivity index (χ1v) is 6.29. The van der Waals surface area contributed by atoms with Crippen LogP contribution in [0, 0.1) is 0 Å². The zero-order valence-electron chi connectivity index (χ0n) is 10.8. The molecule has 1 aliphatic heterocycles. The molecule has 0 radical (unpaired) electrons. The standard InChI is InChI=1S/C14H17F2NO2/c1-14(13(18)19)6-3-7-17(14)9-10-4-2-5-11(8-10)12(15)16/h2,4-5,8,12H,3,6-7,9H2,1H3,(H,18,19). The zero-order chi connectivity index (χ0) is 14.0. The maximum absolute atomic E-state index is 12.6. The number of aliphatic carboxylic acids is 1. The highest BCUT2D eigenvalue weighted by Crippen LogP contribution is 2.31. The van der Waals surface area contributed by atoms with Crippen LogP contribution in [-0.4, -0.2) is 28.1 Å². The summed E-state index contributed by atoms with van der Waals surface area (Å²) in [7, 11) is 0. The molecule has 1 atom stereocenters. The van der Waals surface area contributed by atoms with Crippen molar-refractivity contribution in [3.05, 3.63) is 35.4 Å². The Hall–Kier alpha value is -1.49. The fourth-order valence-electron chi connectivity index (χ4n) is 2.56. The second kappa shape index (κ2) is 5.25. The molecule has 0 bridgehead atoms. The fraction of sp³-hybridized carbons (Fsp3) is 0.500. The third kappa shape index (κ3) is 2.76. The number of halogens is 2. The molecule has 104 valence electrons. The number of benzene rings is 1. The second-order valence-electron chi connectivity index (χ2n) is 5.15. The Kier molecular flexibility index (Phi) is 3.85. The average molecular weight is 269 g/mol. The Bertz CT molecular complexity index is 478. The van der Waals surface area contributed by atoms with Crippen molar-refractivity contribution in [1.82, 2.24) is 4.90 Å². The van der Waals surface area contributed by atoms with E-state index in [2.05, 4.69) is 0 Å². The molecule has 0 aliphatic carbocycles. The van der Waals surface area contributed by atoms with E-state index in [1.807, 2.05) is 4.90 Å². The van der Waals surface area contributed by atoms with Crippen molar-refractivity contribution < 1.29 is 18.7 Å². The van der Waals surface area contributed by atoms with Gasteiger partial charge in [0.05, 0.1) is 0 Å². The SMILES string of the molecule is CC1(C(=O)O)CCCN1Cc1cccc(C(F)F)c1. The molecule has 1 aromatic carbocycles. The molecule has 1 aliphatic rings. The lowest BCUT2D eigenvalue weighted by molar-refractivity contribution is -0.148. The van der Waals surface area contributed by atoms with Gasteiger partial charge in [-0.2, -0.15) is 0 Å². The van der Waals surface area contributed by atoms with Crippen molar-refractivity contribution in [2.24, 2.45) is 0 Å². The van der Waals surface area contributed by atoms with Crippen LogP contribution in [0.3, 0.4) is 0 Å². The number of nitrogens with zero attached hydrogens (tertiary/aromatic N) is 1. The van der Waals surface area contributed by atoms with Gasteiger partial charge in [-0.25, -0.2) is 8.78 Å². The lowest BCUT2D eigenvalue weighted by Gasteiger charge is -2.31. The smallest absolute Gasteiger partial charge is 0.323 e. The number of alkyl halides is 2. The molecular formula is C14H17F2NO2. The van der Waals surface area contributed by atoms with E-state index in [9.17, 15) is 18.7 Å². The minimum atomic E-state index is -2.50. The minimum Gasteiger partial charge on any atom is -0.480 e. The predicted octanol–water partition coefficient (Wildman–Crippen LogP) is 3.06. The Labute approximate surface area is 110 Å². The highest BCUT2D eigenvalue weighted by Gasteiger charge is 2.43. The molecule has 1 N–H and O–H groups in total. The molecular weight excluding hydrogens is 252 g/mol. The molecule has 3 nitrogen and oxygen atoms in total. The monoisotopic (exact) mass is 269 g/mol. The molecule has 0 spiro atoms. The van der Waals surface area contributed by atoms with Gasteiger partial charge in [0.25, 0.3) is 6.43 Å². The van der Waals surface area contributed by atoms with Crippen LogP contribution in [0.25, 0.3) is 0 Å². The number of hydrogen-bond donors (Lipinski definition) is 1. The summed E-state index contributed by atoms with van der Waals surface area (Å²) in [6.07, 6.45) is -1.09. The number of likely N-dealkylation sites (tertiary alicyclic amines) is 1. The first kappa shape index (κ1) is 13.9. The maximum atomic E-state index is 12.6. The normalized spacial score (nSPS) is 24.0.